The van der Waals surface area contributed by atoms with Gasteiger partial charge in [-0.2, -0.15) is 0 Å². The number of aldehydes is 1. The van der Waals surface area contributed by atoms with Crippen LogP contribution in [0.4, 0.5) is 0 Å². The molecule has 0 spiro atoms. The summed E-state index contributed by atoms with van der Waals surface area (Å²) < 4.78 is 0. The largest absolute Gasteiger partial charge is 0.387 e. The van der Waals surface area contributed by atoms with Crippen molar-refractivity contribution in [3.8, 4) is 0 Å². The first-order valence-corrected chi connectivity index (χ1v) is 4.07. The fourth-order valence-electron chi connectivity index (χ4n) is 0.856. The van der Waals surface area contributed by atoms with E-state index in [1.54, 1.807) is 0 Å². The number of aliphatic hydroxyl groups excluding tert-OH is 4. The summed E-state index contributed by atoms with van der Waals surface area (Å²) in [4.78, 5) is 10.0. The predicted octanol–water partition coefficient (Wildman–Crippen LogP) is -4.12. The highest BCUT2D eigenvalue weighted by atomic mass is 16.4. The van der Waals surface area contributed by atoms with Gasteiger partial charge in [0, 0.05) is 0 Å². The lowest BCUT2D eigenvalue weighted by atomic mass is 9.96. The van der Waals surface area contributed by atoms with Gasteiger partial charge in [-0.3, -0.25) is 5.73 Å². The molecule has 0 saturated heterocycles. The van der Waals surface area contributed by atoms with E-state index in [4.69, 9.17) is 31.9 Å². The lowest BCUT2D eigenvalue weighted by Crippen LogP contribution is -2.58. The Labute approximate surface area is 85.7 Å². The van der Waals surface area contributed by atoms with E-state index >= 15 is 0 Å². The van der Waals surface area contributed by atoms with Gasteiger partial charge >= 0.3 is 0 Å². The van der Waals surface area contributed by atoms with Crippen molar-refractivity contribution in [2.75, 3.05) is 6.54 Å². The number of carbonyl (C=O) groups is 1. The second kappa shape index (κ2) is 5.47. The zero-order chi connectivity index (χ0) is 12.2. The van der Waals surface area contributed by atoms with E-state index in [9.17, 15) is 9.90 Å². The molecule has 0 aromatic heterocycles. The Morgan fingerprint density at radius 3 is 2.00 bits per heavy atom. The molecule has 0 aliphatic carbocycles. The van der Waals surface area contributed by atoms with Gasteiger partial charge in [-0.1, -0.05) is 0 Å². The molecule has 0 amide bonds. The fraction of sp³-hybridized carbons (Fsp3) is 0.857. The lowest BCUT2D eigenvalue weighted by Gasteiger charge is -2.32. The smallest absolute Gasteiger partial charge is 0.171 e. The molecule has 0 aliphatic rings. The van der Waals surface area contributed by atoms with E-state index in [-0.39, 0.29) is 6.29 Å². The molecule has 5 unspecified atom stereocenters. The summed E-state index contributed by atoms with van der Waals surface area (Å²) in [6.07, 6.45) is -8.29. The summed E-state index contributed by atoms with van der Waals surface area (Å²) in [7, 11) is 0. The predicted molar refractivity (Wildman–Crippen MR) is 46.1 cm³/mol. The first-order valence-electron chi connectivity index (χ1n) is 4.07. The molecule has 0 heterocycles. The van der Waals surface area contributed by atoms with E-state index in [2.05, 4.69) is 0 Å². The minimum Gasteiger partial charge on any atom is -0.387 e. The average molecular weight is 222 g/mol. The topological polar surface area (TPSA) is 166 Å². The molecular weight excluding hydrogens is 208 g/mol. The normalized spacial score (nSPS) is 23.7. The third-order valence-electron chi connectivity index (χ3n) is 1.92. The number of nitrogens with one attached hydrogen (secondary N) is 2. The Bertz CT molecular complexity index is 212. The Morgan fingerprint density at radius 1 is 1.20 bits per heavy atom. The van der Waals surface area contributed by atoms with Gasteiger partial charge < -0.3 is 30.3 Å². The Balaban J connectivity index is 4.56. The lowest BCUT2D eigenvalue weighted by molar-refractivity contribution is -0.168. The summed E-state index contributed by atoms with van der Waals surface area (Å²) in [5, 5.41) is 45.3. The van der Waals surface area contributed by atoms with Crippen LogP contribution in [0.1, 0.15) is 0 Å². The molecule has 0 aromatic rings. The molecule has 2 radical (unpaired) electrons. The molecule has 0 fully saturated rings. The van der Waals surface area contributed by atoms with Gasteiger partial charge in [0.15, 0.2) is 12.0 Å². The Kier molecular flexibility index (Phi) is 5.24. The molecule has 15 heavy (non-hydrogen) atoms. The number of aliphatic hydroxyl groups is 5. The van der Waals surface area contributed by atoms with Crippen LogP contribution in [-0.4, -0.2) is 68.5 Å². The highest BCUT2D eigenvalue weighted by Gasteiger charge is 2.41. The van der Waals surface area contributed by atoms with E-state index in [0.29, 0.717) is 0 Å². The van der Waals surface area contributed by atoms with Crippen LogP contribution in [0, 0.1) is 0 Å². The maximum atomic E-state index is 10.0. The van der Waals surface area contributed by atoms with E-state index < -0.39 is 36.7 Å². The Hall–Kier alpha value is -0.610. The SMILES string of the molecule is [NH]CC([NH])(O)C(O)C(O)C(O)C(O)C=O. The zero-order valence-corrected chi connectivity index (χ0v) is 7.74. The number of hydrogen-bond acceptors (Lipinski definition) is 6. The van der Waals surface area contributed by atoms with Gasteiger partial charge in [0.2, 0.25) is 0 Å². The van der Waals surface area contributed by atoms with Crippen LogP contribution in [-0.2, 0) is 4.79 Å². The number of rotatable bonds is 6. The van der Waals surface area contributed by atoms with Crippen molar-refractivity contribution >= 4 is 6.29 Å². The summed E-state index contributed by atoms with van der Waals surface area (Å²) in [5.41, 5.74) is 11.0. The summed E-state index contributed by atoms with van der Waals surface area (Å²) in [6, 6.07) is 0. The molecule has 0 aromatic carbocycles. The highest BCUT2D eigenvalue weighted by Crippen LogP contribution is 2.13. The quantitative estimate of drug-likeness (QED) is 0.286. The third-order valence-corrected chi connectivity index (χ3v) is 1.92. The van der Waals surface area contributed by atoms with Gasteiger partial charge in [-0.05, 0) is 0 Å². The first kappa shape index (κ1) is 14.4. The van der Waals surface area contributed by atoms with Gasteiger partial charge in [0.1, 0.15) is 24.4 Å². The van der Waals surface area contributed by atoms with Crippen LogP contribution in [0.25, 0.3) is 0 Å². The molecule has 5 atom stereocenters. The number of carbonyl (C=O) groups excluding carboxylic acids is 1. The fourth-order valence-corrected chi connectivity index (χ4v) is 0.856. The summed E-state index contributed by atoms with van der Waals surface area (Å²) >= 11 is 0. The molecule has 88 valence electrons. The van der Waals surface area contributed by atoms with E-state index in [1.165, 1.54) is 0 Å². The summed E-state index contributed by atoms with van der Waals surface area (Å²) in [6.45, 7) is -0.935. The zero-order valence-electron chi connectivity index (χ0n) is 7.74. The van der Waals surface area contributed by atoms with Crippen LogP contribution >= 0.6 is 0 Å². The Morgan fingerprint density at radius 2 is 1.67 bits per heavy atom. The van der Waals surface area contributed by atoms with Gasteiger partial charge in [0.25, 0.3) is 0 Å². The van der Waals surface area contributed by atoms with E-state index in [0.717, 1.165) is 0 Å². The average Bonchev–Trinajstić information content (AvgIpc) is 2.24. The first-order chi connectivity index (χ1) is 6.77. The van der Waals surface area contributed by atoms with Crippen LogP contribution in [0.3, 0.4) is 0 Å². The monoisotopic (exact) mass is 222 g/mol. The molecule has 0 aliphatic heterocycles. The maximum Gasteiger partial charge on any atom is 0.171 e. The molecule has 8 heteroatoms. The van der Waals surface area contributed by atoms with Gasteiger partial charge in [-0.15, -0.1) is 0 Å². The second-order valence-corrected chi connectivity index (χ2v) is 3.15. The van der Waals surface area contributed by atoms with E-state index in [1.807, 2.05) is 0 Å². The minimum absolute atomic E-state index is 0.0652. The van der Waals surface area contributed by atoms with Crippen molar-refractivity contribution in [2.24, 2.45) is 0 Å². The highest BCUT2D eigenvalue weighted by molar-refractivity contribution is 5.56. The van der Waals surface area contributed by atoms with Crippen molar-refractivity contribution in [1.29, 1.82) is 0 Å². The van der Waals surface area contributed by atoms with Crippen molar-refractivity contribution in [2.45, 2.75) is 30.1 Å². The van der Waals surface area contributed by atoms with Crippen molar-refractivity contribution < 1.29 is 30.3 Å². The minimum atomic E-state index is -2.68. The van der Waals surface area contributed by atoms with Crippen molar-refractivity contribution in [3.05, 3.63) is 0 Å². The van der Waals surface area contributed by atoms with Crippen LogP contribution in [0.2, 0.25) is 0 Å². The van der Waals surface area contributed by atoms with Crippen LogP contribution < -0.4 is 11.5 Å². The molecule has 0 rings (SSSR count). The van der Waals surface area contributed by atoms with Crippen molar-refractivity contribution in [1.82, 2.24) is 11.5 Å². The van der Waals surface area contributed by atoms with Crippen LogP contribution in [0.15, 0.2) is 0 Å². The molecule has 8 nitrogen and oxygen atoms in total. The summed E-state index contributed by atoms with van der Waals surface area (Å²) in [5.74, 6) is 0. The third kappa shape index (κ3) is 3.47. The molecule has 7 N–H and O–H groups in total. The second-order valence-electron chi connectivity index (χ2n) is 3.15. The van der Waals surface area contributed by atoms with Crippen molar-refractivity contribution in [3.63, 3.8) is 0 Å². The standard InChI is InChI=1S/C7H14N2O6/c8-2-7(9,15)6(14)5(13)4(12)3(11)1-10/h1,3-6,8-9,11-15H,2H2. The maximum absolute atomic E-state index is 10.0. The molecule has 0 saturated carbocycles. The van der Waals surface area contributed by atoms with Gasteiger partial charge in [0.05, 0.1) is 6.54 Å². The number of hydrogen-bond donors (Lipinski definition) is 5. The molecular formula is C7H14N2O6. The van der Waals surface area contributed by atoms with Gasteiger partial charge in [-0.25, -0.2) is 5.73 Å². The molecule has 0 bridgehead atoms. The van der Waals surface area contributed by atoms with Crippen LogP contribution in [0.5, 0.6) is 0 Å².